The summed E-state index contributed by atoms with van der Waals surface area (Å²) < 4.78 is 12.1. The lowest BCUT2D eigenvalue weighted by Crippen LogP contribution is -2.29. The second-order valence-electron chi connectivity index (χ2n) is 8.77. The van der Waals surface area contributed by atoms with Gasteiger partial charge in [0.2, 0.25) is 5.91 Å². The van der Waals surface area contributed by atoms with Crippen molar-refractivity contribution < 1.29 is 14.3 Å². The first-order valence-corrected chi connectivity index (χ1v) is 11.7. The molecular weight excluding hydrogens is 442 g/mol. The van der Waals surface area contributed by atoms with E-state index in [4.69, 9.17) is 37.4 Å². The van der Waals surface area contributed by atoms with Crippen LogP contribution in [0.3, 0.4) is 0 Å². The highest BCUT2D eigenvalue weighted by molar-refractivity contribution is 6.00. The number of nitrogen functional groups attached to an aromatic ring is 1. The fourth-order valence-electron chi connectivity index (χ4n) is 4.09. The predicted molar refractivity (Wildman–Crippen MR) is 138 cm³/mol. The highest BCUT2D eigenvalue weighted by atomic mass is 16.5. The number of carbonyl (C=O) groups excluding carboxylic acids is 1. The Balaban J connectivity index is 1.60. The molecule has 8 N–H and O–H groups in total. The lowest BCUT2D eigenvalue weighted by Gasteiger charge is -2.23. The summed E-state index contributed by atoms with van der Waals surface area (Å²) in [5.41, 5.74) is 26.4. The molecule has 1 aliphatic carbocycles. The van der Waals surface area contributed by atoms with Crippen LogP contribution in [-0.4, -0.2) is 23.8 Å². The van der Waals surface area contributed by atoms with Crippen LogP contribution in [0, 0.1) is 0 Å². The molecule has 0 aromatic heterocycles. The van der Waals surface area contributed by atoms with Crippen LogP contribution in [0.4, 0.5) is 5.69 Å². The Morgan fingerprint density at radius 1 is 0.914 bits per heavy atom. The molecule has 0 unspecified atom stereocenters. The van der Waals surface area contributed by atoms with E-state index in [2.05, 4.69) is 0 Å². The molecule has 3 aromatic rings. The van der Waals surface area contributed by atoms with Crippen LogP contribution in [0.5, 0.6) is 17.2 Å². The molecule has 1 fully saturated rings. The van der Waals surface area contributed by atoms with E-state index < -0.39 is 5.91 Å². The number of amidine groups is 1. The van der Waals surface area contributed by atoms with E-state index >= 15 is 0 Å². The molecule has 1 amide bonds. The maximum absolute atomic E-state index is 11.5. The first kappa shape index (κ1) is 24.1. The minimum Gasteiger partial charge on any atom is -0.488 e. The zero-order valence-corrected chi connectivity index (χ0v) is 19.5. The summed E-state index contributed by atoms with van der Waals surface area (Å²) in [7, 11) is 0. The molecule has 4 rings (SSSR count). The molecule has 8 heteroatoms. The number of hydrogen-bond acceptors (Lipinski definition) is 6. The number of hydrogen-bond donors (Lipinski definition) is 4. The van der Waals surface area contributed by atoms with Crippen LogP contribution in [0.2, 0.25) is 0 Å². The van der Waals surface area contributed by atoms with Crippen molar-refractivity contribution in [3.05, 3.63) is 83.4 Å². The number of primary amides is 1. The van der Waals surface area contributed by atoms with E-state index in [1.165, 1.54) is 0 Å². The third-order valence-electron chi connectivity index (χ3n) is 5.99. The van der Waals surface area contributed by atoms with E-state index in [1.54, 1.807) is 36.4 Å². The Kier molecular flexibility index (Phi) is 7.52. The molecule has 0 spiro atoms. The normalized spacial score (nSPS) is 18.1. The number of rotatable bonds is 8. The number of nitrogens with two attached hydrogens (primary N) is 4. The van der Waals surface area contributed by atoms with Gasteiger partial charge in [0.25, 0.3) is 0 Å². The van der Waals surface area contributed by atoms with Gasteiger partial charge in [-0.1, -0.05) is 18.2 Å². The molecule has 8 nitrogen and oxygen atoms in total. The molecule has 0 aliphatic heterocycles. The Morgan fingerprint density at radius 2 is 1.66 bits per heavy atom. The van der Waals surface area contributed by atoms with E-state index in [1.807, 2.05) is 30.3 Å². The zero-order valence-electron chi connectivity index (χ0n) is 19.5. The van der Waals surface area contributed by atoms with Gasteiger partial charge in [0.15, 0.2) is 0 Å². The molecule has 0 saturated heterocycles. The minimum absolute atomic E-state index is 0.143. The highest BCUT2D eigenvalue weighted by Gasteiger charge is 2.19. The quantitative estimate of drug-likeness (QED) is 0.222. The van der Waals surface area contributed by atoms with Gasteiger partial charge in [0.1, 0.15) is 29.7 Å². The van der Waals surface area contributed by atoms with Crippen LogP contribution < -0.4 is 32.4 Å². The standard InChI is InChI=1S/C27H31N5O3/c28-19-7-9-21(10-8-19)32-26(30)24-12-11-23(35-22-6-2-4-18(14-22)27(31)33)15-25(24)34-16-17-3-1-5-20(29)13-17/h1-6,11-15,19,21H,7-10,16,28-29H2,(H2,30,32)(H2,31,33). The van der Waals surface area contributed by atoms with Crippen molar-refractivity contribution in [1.29, 1.82) is 0 Å². The smallest absolute Gasteiger partial charge is 0.248 e. The average molecular weight is 474 g/mol. The summed E-state index contributed by atoms with van der Waals surface area (Å²) in [6, 6.07) is 19.9. The lowest BCUT2D eigenvalue weighted by molar-refractivity contribution is 0.1000. The van der Waals surface area contributed by atoms with Crippen molar-refractivity contribution in [3.8, 4) is 17.2 Å². The molecule has 0 radical (unpaired) electrons. The summed E-state index contributed by atoms with van der Waals surface area (Å²) in [6.45, 7) is 0.296. The number of amides is 1. The van der Waals surface area contributed by atoms with Crippen LogP contribution in [0.1, 0.15) is 47.2 Å². The molecule has 182 valence electrons. The Labute approximate surface area is 204 Å². The number of anilines is 1. The molecule has 0 atom stereocenters. The Hall–Kier alpha value is -4.04. The van der Waals surface area contributed by atoms with E-state index in [9.17, 15) is 4.79 Å². The molecular formula is C27H31N5O3. The second kappa shape index (κ2) is 10.9. The van der Waals surface area contributed by atoms with Crippen molar-refractivity contribution in [2.24, 2.45) is 22.2 Å². The SMILES string of the molecule is NC(=O)c1cccc(Oc2ccc(C(N)=NC3CCC(N)CC3)c(OCc3cccc(N)c3)c2)c1. The largest absolute Gasteiger partial charge is 0.488 e. The van der Waals surface area contributed by atoms with Crippen LogP contribution in [0.25, 0.3) is 0 Å². The van der Waals surface area contributed by atoms with Gasteiger partial charge in [0, 0.05) is 23.4 Å². The third kappa shape index (κ3) is 6.51. The fourth-order valence-corrected chi connectivity index (χ4v) is 4.09. The van der Waals surface area contributed by atoms with Gasteiger partial charge < -0.3 is 32.4 Å². The fraction of sp³-hybridized carbons (Fsp3) is 0.259. The highest BCUT2D eigenvalue weighted by Crippen LogP contribution is 2.30. The lowest BCUT2D eigenvalue weighted by atomic mass is 9.92. The van der Waals surface area contributed by atoms with Crippen LogP contribution in [-0.2, 0) is 6.61 Å². The third-order valence-corrected chi connectivity index (χ3v) is 5.99. The molecule has 3 aromatic carbocycles. The zero-order chi connectivity index (χ0) is 24.8. The van der Waals surface area contributed by atoms with Crippen molar-refractivity contribution in [2.45, 2.75) is 44.4 Å². The van der Waals surface area contributed by atoms with Gasteiger partial charge >= 0.3 is 0 Å². The first-order chi connectivity index (χ1) is 16.9. The molecule has 0 bridgehead atoms. The van der Waals surface area contributed by atoms with Gasteiger partial charge in [-0.3, -0.25) is 9.79 Å². The summed E-state index contributed by atoms with van der Waals surface area (Å²) in [6.07, 6.45) is 3.71. The molecule has 35 heavy (non-hydrogen) atoms. The Morgan fingerprint density at radius 3 is 2.40 bits per heavy atom. The van der Waals surface area contributed by atoms with E-state index in [0.717, 1.165) is 31.2 Å². The number of ether oxygens (including phenoxy) is 2. The molecule has 1 saturated carbocycles. The van der Waals surface area contributed by atoms with Gasteiger partial charge in [-0.05, 0) is 73.7 Å². The van der Waals surface area contributed by atoms with Crippen molar-refractivity contribution in [3.63, 3.8) is 0 Å². The maximum atomic E-state index is 11.5. The number of nitrogens with zero attached hydrogens (tertiary/aromatic N) is 1. The predicted octanol–water partition coefficient (Wildman–Crippen LogP) is 3.71. The molecule has 0 heterocycles. The van der Waals surface area contributed by atoms with Crippen molar-refractivity contribution in [1.82, 2.24) is 0 Å². The topological polar surface area (TPSA) is 152 Å². The van der Waals surface area contributed by atoms with Gasteiger partial charge in [-0.25, -0.2) is 0 Å². The number of aliphatic imine (C=N–C) groups is 1. The van der Waals surface area contributed by atoms with Gasteiger partial charge in [0.05, 0.1) is 11.6 Å². The monoisotopic (exact) mass is 473 g/mol. The van der Waals surface area contributed by atoms with Crippen molar-refractivity contribution >= 4 is 17.4 Å². The van der Waals surface area contributed by atoms with E-state index in [-0.39, 0.29) is 12.1 Å². The second-order valence-corrected chi connectivity index (χ2v) is 8.77. The van der Waals surface area contributed by atoms with Crippen LogP contribution >= 0.6 is 0 Å². The van der Waals surface area contributed by atoms with Gasteiger partial charge in [-0.15, -0.1) is 0 Å². The summed E-state index contributed by atoms with van der Waals surface area (Å²) in [5.74, 6) is 1.43. The Bertz CT molecular complexity index is 1220. The number of carbonyl (C=O) groups is 1. The molecule has 1 aliphatic rings. The van der Waals surface area contributed by atoms with Crippen LogP contribution in [0.15, 0.2) is 71.7 Å². The summed E-state index contributed by atoms with van der Waals surface area (Å²) in [4.78, 5) is 16.3. The van der Waals surface area contributed by atoms with Gasteiger partial charge in [-0.2, -0.15) is 0 Å². The first-order valence-electron chi connectivity index (χ1n) is 11.7. The maximum Gasteiger partial charge on any atom is 0.248 e. The average Bonchev–Trinajstić information content (AvgIpc) is 2.84. The van der Waals surface area contributed by atoms with E-state index in [0.29, 0.717) is 46.5 Å². The number of benzene rings is 3. The summed E-state index contributed by atoms with van der Waals surface area (Å²) in [5, 5.41) is 0. The summed E-state index contributed by atoms with van der Waals surface area (Å²) >= 11 is 0. The van der Waals surface area contributed by atoms with Crippen molar-refractivity contribution in [2.75, 3.05) is 5.73 Å². The minimum atomic E-state index is -0.524.